The van der Waals surface area contributed by atoms with Gasteiger partial charge in [0.05, 0.1) is 18.9 Å². The van der Waals surface area contributed by atoms with Gasteiger partial charge in [0.25, 0.3) is 0 Å². The molecule has 2 aromatic carbocycles. The van der Waals surface area contributed by atoms with E-state index in [0.717, 1.165) is 28.5 Å². The summed E-state index contributed by atoms with van der Waals surface area (Å²) >= 11 is 0. The van der Waals surface area contributed by atoms with E-state index in [9.17, 15) is 27.1 Å². The van der Waals surface area contributed by atoms with Crippen LogP contribution >= 0.6 is 0 Å². The Kier molecular flexibility index (Phi) is 7.54. The van der Waals surface area contributed by atoms with E-state index < -0.39 is 45.2 Å². The first kappa shape index (κ1) is 28.7. The van der Waals surface area contributed by atoms with E-state index in [0.29, 0.717) is 37.9 Å². The third kappa shape index (κ3) is 5.53. The zero-order valence-corrected chi connectivity index (χ0v) is 24.0. The summed E-state index contributed by atoms with van der Waals surface area (Å²) in [6.07, 6.45) is 4.43. The van der Waals surface area contributed by atoms with Gasteiger partial charge in [0.2, 0.25) is 15.9 Å². The van der Waals surface area contributed by atoms with Gasteiger partial charge >= 0.3 is 0 Å². The molecule has 10 nitrogen and oxygen atoms in total. The summed E-state index contributed by atoms with van der Waals surface area (Å²) in [5.41, 5.74) is 0.866. The van der Waals surface area contributed by atoms with Crippen LogP contribution in [0.4, 0.5) is 8.78 Å². The molecule has 2 fully saturated rings. The summed E-state index contributed by atoms with van der Waals surface area (Å²) in [6, 6.07) is 6.27. The zero-order valence-electron chi connectivity index (χ0n) is 23.2. The number of rotatable bonds is 3. The number of fused-ring (bicyclic) bond motifs is 2. The van der Waals surface area contributed by atoms with Gasteiger partial charge in [-0.3, -0.25) is 14.4 Å². The van der Waals surface area contributed by atoms with Crippen molar-refractivity contribution in [3.8, 4) is 16.9 Å². The van der Waals surface area contributed by atoms with Crippen molar-refractivity contribution >= 4 is 15.9 Å². The fourth-order valence-corrected chi connectivity index (χ4v) is 7.98. The SMILES string of the molecule is Cn1cc(CN2CCC3(CCOc4cc(-c5ccc(F)cc5F)ccc4S(=O)(=O)N4C[C@H](O)C[C@H]4C(=O)N3)CC2)cn1. The number of likely N-dealkylation sites (tertiary alicyclic amines) is 1. The third-order valence-electron chi connectivity index (χ3n) is 8.51. The molecule has 0 bridgehead atoms. The second kappa shape index (κ2) is 11.0. The summed E-state index contributed by atoms with van der Waals surface area (Å²) in [5, 5.41) is 17.9. The summed E-state index contributed by atoms with van der Waals surface area (Å²) in [6.45, 7) is 2.00. The number of ether oxygens (including phenoxy) is 1. The molecule has 1 aromatic heterocycles. The second-order valence-electron chi connectivity index (χ2n) is 11.4. The number of nitrogens with one attached hydrogen (secondary N) is 1. The van der Waals surface area contributed by atoms with Crippen LogP contribution in [0.15, 0.2) is 53.7 Å². The second-order valence-corrected chi connectivity index (χ2v) is 13.3. The number of carbonyl (C=O) groups excluding carboxylic acids is 1. The van der Waals surface area contributed by atoms with Crippen LogP contribution in [0.2, 0.25) is 0 Å². The average molecular weight is 602 g/mol. The van der Waals surface area contributed by atoms with Crippen LogP contribution < -0.4 is 10.1 Å². The summed E-state index contributed by atoms with van der Waals surface area (Å²) in [7, 11) is -2.41. The van der Waals surface area contributed by atoms with Gasteiger partial charge in [0, 0.05) is 75.0 Å². The number of aryl methyl sites for hydroxylation is 1. The average Bonchev–Trinajstić information content (AvgIpc) is 3.55. The number of amides is 1. The van der Waals surface area contributed by atoms with E-state index >= 15 is 0 Å². The van der Waals surface area contributed by atoms with Crippen LogP contribution in [0.3, 0.4) is 0 Å². The minimum atomic E-state index is -4.28. The number of nitrogens with zero attached hydrogens (tertiary/aromatic N) is 4. The number of aromatic nitrogens is 2. The number of halogens is 2. The fourth-order valence-electron chi connectivity index (χ4n) is 6.23. The molecule has 6 rings (SSSR count). The Morgan fingerprint density at radius 3 is 2.64 bits per heavy atom. The minimum absolute atomic E-state index is 0.00915. The normalized spacial score (nSPS) is 24.3. The molecule has 3 aliphatic heterocycles. The smallest absolute Gasteiger partial charge is 0.247 e. The van der Waals surface area contributed by atoms with Gasteiger partial charge in [0.15, 0.2) is 0 Å². The first-order chi connectivity index (χ1) is 20.0. The molecule has 42 heavy (non-hydrogen) atoms. The molecule has 0 saturated carbocycles. The number of aliphatic hydroxyl groups is 1. The van der Waals surface area contributed by atoms with E-state index in [2.05, 4.69) is 15.3 Å². The summed E-state index contributed by atoms with van der Waals surface area (Å²) in [4.78, 5) is 15.8. The molecule has 3 aromatic rings. The Balaban J connectivity index is 1.32. The van der Waals surface area contributed by atoms with Crippen LogP contribution in [-0.2, 0) is 28.4 Å². The van der Waals surface area contributed by atoms with Crippen LogP contribution in [0.1, 0.15) is 31.2 Å². The maximum Gasteiger partial charge on any atom is 0.247 e. The molecule has 3 aliphatic rings. The van der Waals surface area contributed by atoms with Gasteiger partial charge in [-0.05, 0) is 42.7 Å². The van der Waals surface area contributed by atoms with Crippen molar-refractivity contribution in [3.05, 3.63) is 66.0 Å². The van der Waals surface area contributed by atoms with Gasteiger partial charge in [-0.15, -0.1) is 0 Å². The van der Waals surface area contributed by atoms with Crippen molar-refractivity contribution in [2.45, 2.75) is 54.8 Å². The zero-order chi connectivity index (χ0) is 29.6. The van der Waals surface area contributed by atoms with E-state index in [4.69, 9.17) is 4.74 Å². The van der Waals surface area contributed by atoms with Gasteiger partial charge in [-0.1, -0.05) is 6.07 Å². The van der Waals surface area contributed by atoms with Gasteiger partial charge < -0.3 is 15.2 Å². The van der Waals surface area contributed by atoms with Crippen molar-refractivity contribution < 1.29 is 31.8 Å². The highest BCUT2D eigenvalue weighted by atomic mass is 32.2. The van der Waals surface area contributed by atoms with E-state index in [1.54, 1.807) is 4.68 Å². The molecule has 1 amide bonds. The lowest BCUT2D eigenvalue weighted by molar-refractivity contribution is -0.127. The topological polar surface area (TPSA) is 117 Å². The molecule has 2 atom stereocenters. The van der Waals surface area contributed by atoms with Gasteiger partial charge in [-0.2, -0.15) is 9.40 Å². The third-order valence-corrected chi connectivity index (χ3v) is 10.4. The Morgan fingerprint density at radius 2 is 1.93 bits per heavy atom. The molecule has 0 aliphatic carbocycles. The number of piperidine rings is 1. The molecule has 2 N–H and O–H groups in total. The first-order valence-corrected chi connectivity index (χ1v) is 15.4. The minimum Gasteiger partial charge on any atom is -0.492 e. The van der Waals surface area contributed by atoms with Crippen LogP contribution in [0.5, 0.6) is 5.75 Å². The highest BCUT2D eigenvalue weighted by Crippen LogP contribution is 2.38. The van der Waals surface area contributed by atoms with Crippen molar-refractivity contribution in [1.82, 2.24) is 24.3 Å². The lowest BCUT2D eigenvalue weighted by atomic mass is 9.84. The quantitative estimate of drug-likeness (QED) is 0.474. The lowest BCUT2D eigenvalue weighted by Gasteiger charge is -2.43. The highest BCUT2D eigenvalue weighted by Gasteiger charge is 2.47. The van der Waals surface area contributed by atoms with Crippen LogP contribution in [0, 0.1) is 11.6 Å². The van der Waals surface area contributed by atoms with Crippen LogP contribution in [-0.4, -0.2) is 82.3 Å². The first-order valence-electron chi connectivity index (χ1n) is 14.0. The Morgan fingerprint density at radius 1 is 1.14 bits per heavy atom. The van der Waals surface area contributed by atoms with E-state index in [1.807, 2.05) is 19.4 Å². The largest absolute Gasteiger partial charge is 0.492 e. The molecule has 4 heterocycles. The van der Waals surface area contributed by atoms with E-state index in [-0.39, 0.29) is 35.8 Å². The number of aliphatic hydroxyl groups excluding tert-OH is 1. The Hall–Kier alpha value is -3.39. The number of benzene rings is 2. The van der Waals surface area contributed by atoms with Crippen molar-refractivity contribution in [2.75, 3.05) is 26.2 Å². The van der Waals surface area contributed by atoms with Crippen molar-refractivity contribution in [1.29, 1.82) is 0 Å². The molecule has 13 heteroatoms. The molecule has 1 spiro atoms. The highest BCUT2D eigenvalue weighted by molar-refractivity contribution is 7.89. The van der Waals surface area contributed by atoms with Crippen LogP contribution in [0.25, 0.3) is 11.1 Å². The fraction of sp³-hybridized carbons (Fsp3) is 0.448. The molecule has 224 valence electrons. The van der Waals surface area contributed by atoms with Crippen molar-refractivity contribution in [3.63, 3.8) is 0 Å². The molecular formula is C29H33F2N5O5S. The number of sulfonamides is 1. The molecule has 0 unspecified atom stereocenters. The number of carbonyl (C=O) groups is 1. The maximum atomic E-state index is 14.6. The summed E-state index contributed by atoms with van der Waals surface area (Å²) < 4.78 is 64.8. The standard InChI is InChI=1S/C29H33F2N5O5S/c1-34-16-19(15-32-34)17-35-9-6-29(7-10-35)8-11-41-26-12-20(23-4-3-21(30)13-24(23)31)2-5-27(26)42(39,40)36-18-22(37)14-25(36)28(38)33-29/h2-5,12-13,15-16,22,25,37H,6-11,14,17-18H2,1H3,(H,33,38)/t22-,25+/m1/s1. The van der Waals surface area contributed by atoms with Crippen molar-refractivity contribution in [2.24, 2.45) is 7.05 Å². The molecule has 2 saturated heterocycles. The Labute approximate surface area is 242 Å². The van der Waals surface area contributed by atoms with Gasteiger partial charge in [0.1, 0.15) is 28.3 Å². The monoisotopic (exact) mass is 601 g/mol. The lowest BCUT2D eigenvalue weighted by Crippen LogP contribution is -2.59. The predicted octanol–water partition coefficient (Wildman–Crippen LogP) is 2.42. The maximum absolute atomic E-state index is 14.6. The summed E-state index contributed by atoms with van der Waals surface area (Å²) in [5.74, 6) is -1.94. The molecule has 0 radical (unpaired) electrons. The number of hydrogen-bond donors (Lipinski definition) is 2. The number of hydrogen-bond acceptors (Lipinski definition) is 7. The Bertz CT molecular complexity index is 1610. The molecular weight excluding hydrogens is 568 g/mol. The van der Waals surface area contributed by atoms with E-state index in [1.165, 1.54) is 24.3 Å². The predicted molar refractivity (Wildman–Crippen MR) is 149 cm³/mol. The van der Waals surface area contributed by atoms with Gasteiger partial charge in [-0.25, -0.2) is 17.2 Å².